The van der Waals surface area contributed by atoms with Crippen molar-refractivity contribution >= 4 is 23.1 Å². The highest BCUT2D eigenvalue weighted by molar-refractivity contribution is 5.74. The van der Waals surface area contributed by atoms with Crippen LogP contribution < -0.4 is 21.0 Å². The number of carbonyl (C=O) groups is 1. The molecule has 0 aliphatic carbocycles. The molecule has 0 saturated carbocycles. The van der Waals surface area contributed by atoms with Gasteiger partial charge in [-0.05, 0) is 12.8 Å². The number of aryl methyl sites for hydroxylation is 2. The lowest BCUT2D eigenvalue weighted by molar-refractivity contribution is -0.893. The van der Waals surface area contributed by atoms with Crippen molar-refractivity contribution in [3.05, 3.63) is 20.8 Å². The molecule has 1 fully saturated rings. The summed E-state index contributed by atoms with van der Waals surface area (Å²) in [4.78, 5) is 46.8. The summed E-state index contributed by atoms with van der Waals surface area (Å²) < 4.78 is 8.61. The van der Waals surface area contributed by atoms with E-state index in [9.17, 15) is 14.4 Å². The number of unbranched alkanes of at least 4 members (excludes halogenated alkanes) is 2. The number of nitrogens with zero attached hydrogens (tertiary/aromatic N) is 4. The van der Waals surface area contributed by atoms with E-state index < -0.39 is 11.2 Å². The van der Waals surface area contributed by atoms with E-state index in [1.807, 2.05) is 11.5 Å². The number of fused-ring (bicyclic) bond motifs is 1. The standard InChI is InChI=1S/C20H32N6O4/c1-4-6-7-13-30-15(27)14-24-9-11-25(12-10-24)19-21-17-16(26(19)8-5-2)18(28)22-20(29)23(17)3/h4-14H2,1-3H3,(H,22,28,29)/p+1. The van der Waals surface area contributed by atoms with Gasteiger partial charge < -0.3 is 19.1 Å². The number of rotatable bonds is 9. The lowest BCUT2D eigenvalue weighted by Gasteiger charge is -2.32. The Morgan fingerprint density at radius 3 is 2.57 bits per heavy atom. The van der Waals surface area contributed by atoms with Gasteiger partial charge in [0.15, 0.2) is 17.7 Å². The summed E-state index contributed by atoms with van der Waals surface area (Å²) in [7, 11) is 1.61. The first kappa shape index (κ1) is 22.1. The average Bonchev–Trinajstić information content (AvgIpc) is 3.10. The van der Waals surface area contributed by atoms with E-state index >= 15 is 0 Å². The van der Waals surface area contributed by atoms with Gasteiger partial charge in [-0.2, -0.15) is 4.98 Å². The van der Waals surface area contributed by atoms with Crippen molar-refractivity contribution in [2.75, 3.05) is 44.2 Å². The molecule has 10 nitrogen and oxygen atoms in total. The number of carbonyl (C=O) groups excluding carboxylic acids is 1. The molecule has 0 bridgehead atoms. The number of H-pyrrole nitrogens is 1. The normalized spacial score (nSPS) is 15.1. The van der Waals surface area contributed by atoms with Crippen LogP contribution in [0.5, 0.6) is 0 Å². The van der Waals surface area contributed by atoms with Crippen LogP contribution >= 0.6 is 0 Å². The number of hydrogen-bond acceptors (Lipinski definition) is 6. The third-order valence-corrected chi connectivity index (χ3v) is 5.59. The summed E-state index contributed by atoms with van der Waals surface area (Å²) in [5.41, 5.74) is -0.0423. The molecule has 1 saturated heterocycles. The zero-order valence-electron chi connectivity index (χ0n) is 18.2. The van der Waals surface area contributed by atoms with Crippen molar-refractivity contribution in [2.45, 2.75) is 46.1 Å². The maximum atomic E-state index is 12.4. The van der Waals surface area contributed by atoms with Gasteiger partial charge in [-0.1, -0.05) is 26.7 Å². The molecule has 1 aliphatic heterocycles. The summed E-state index contributed by atoms with van der Waals surface area (Å²) in [5.74, 6) is 0.564. The molecule has 2 aromatic rings. The molecule has 0 radical (unpaired) electrons. The number of ether oxygens (including phenoxy) is 1. The van der Waals surface area contributed by atoms with Crippen LogP contribution in [0.25, 0.3) is 11.2 Å². The minimum atomic E-state index is -0.466. The Labute approximate surface area is 175 Å². The minimum absolute atomic E-state index is 0.144. The molecular weight excluding hydrogens is 388 g/mol. The highest BCUT2D eigenvalue weighted by Crippen LogP contribution is 2.19. The van der Waals surface area contributed by atoms with Crippen LogP contribution in [0, 0.1) is 0 Å². The van der Waals surface area contributed by atoms with Crippen LogP contribution in [0.15, 0.2) is 9.59 Å². The van der Waals surface area contributed by atoms with Crippen molar-refractivity contribution < 1.29 is 14.4 Å². The summed E-state index contributed by atoms with van der Waals surface area (Å²) in [6.07, 6.45) is 3.94. The number of nitrogens with one attached hydrogen (secondary N) is 2. The third kappa shape index (κ3) is 4.75. The van der Waals surface area contributed by atoms with Crippen molar-refractivity contribution in [2.24, 2.45) is 7.05 Å². The fourth-order valence-electron chi connectivity index (χ4n) is 3.89. The number of quaternary nitrogens is 1. The van der Waals surface area contributed by atoms with Gasteiger partial charge in [-0.25, -0.2) is 9.59 Å². The highest BCUT2D eigenvalue weighted by atomic mass is 16.5. The molecule has 2 aromatic heterocycles. The molecule has 10 heteroatoms. The van der Waals surface area contributed by atoms with E-state index in [0.717, 1.165) is 51.9 Å². The molecule has 30 heavy (non-hydrogen) atoms. The predicted molar refractivity (Wildman–Crippen MR) is 114 cm³/mol. The highest BCUT2D eigenvalue weighted by Gasteiger charge is 2.27. The van der Waals surface area contributed by atoms with E-state index in [0.29, 0.717) is 36.8 Å². The van der Waals surface area contributed by atoms with Crippen LogP contribution in [0.1, 0.15) is 39.5 Å². The summed E-state index contributed by atoms with van der Waals surface area (Å²) >= 11 is 0. The van der Waals surface area contributed by atoms with Crippen LogP contribution in [-0.4, -0.2) is 64.4 Å². The number of aromatic amines is 1. The fraction of sp³-hybridized carbons (Fsp3) is 0.700. The number of hydrogen-bond donors (Lipinski definition) is 2. The van der Waals surface area contributed by atoms with E-state index in [2.05, 4.69) is 21.8 Å². The first-order valence-corrected chi connectivity index (χ1v) is 10.9. The minimum Gasteiger partial charge on any atom is -0.462 e. The molecule has 0 unspecified atom stereocenters. The van der Waals surface area contributed by atoms with Gasteiger partial charge in [0.1, 0.15) is 0 Å². The van der Waals surface area contributed by atoms with E-state index in [1.54, 1.807) is 7.05 Å². The molecule has 2 N–H and O–H groups in total. The van der Waals surface area contributed by atoms with Gasteiger partial charge in [-0.3, -0.25) is 14.3 Å². The maximum absolute atomic E-state index is 12.4. The third-order valence-electron chi connectivity index (χ3n) is 5.59. The number of anilines is 1. The van der Waals surface area contributed by atoms with Crippen LogP contribution in [-0.2, 0) is 23.1 Å². The van der Waals surface area contributed by atoms with Crippen molar-refractivity contribution in [3.8, 4) is 0 Å². The zero-order chi connectivity index (χ0) is 21.7. The quantitative estimate of drug-likeness (QED) is 0.409. The Kier molecular flexibility index (Phi) is 7.30. The van der Waals surface area contributed by atoms with Crippen molar-refractivity contribution in [1.29, 1.82) is 0 Å². The van der Waals surface area contributed by atoms with Gasteiger partial charge in [0, 0.05) is 13.6 Å². The average molecular weight is 422 g/mol. The Hall–Kier alpha value is -2.62. The van der Waals surface area contributed by atoms with Crippen LogP contribution in [0.4, 0.5) is 5.95 Å². The maximum Gasteiger partial charge on any atom is 0.361 e. The summed E-state index contributed by atoms with van der Waals surface area (Å²) in [6, 6.07) is 0. The molecule has 0 amide bonds. The lowest BCUT2D eigenvalue weighted by Crippen LogP contribution is -3.15. The number of imidazole rings is 1. The largest absolute Gasteiger partial charge is 0.462 e. The van der Waals surface area contributed by atoms with Crippen LogP contribution in [0.2, 0.25) is 0 Å². The number of aromatic nitrogens is 4. The topological polar surface area (TPSA) is 107 Å². The second-order valence-corrected chi connectivity index (χ2v) is 7.90. The molecule has 166 valence electrons. The van der Waals surface area contributed by atoms with Crippen molar-refractivity contribution in [1.82, 2.24) is 19.1 Å². The lowest BCUT2D eigenvalue weighted by atomic mass is 10.3. The van der Waals surface area contributed by atoms with E-state index in [4.69, 9.17) is 4.74 Å². The van der Waals surface area contributed by atoms with E-state index in [1.165, 1.54) is 9.47 Å². The monoisotopic (exact) mass is 421 g/mol. The number of esters is 1. The predicted octanol–water partition coefficient (Wildman–Crippen LogP) is -0.728. The summed E-state index contributed by atoms with van der Waals surface area (Å²) in [5, 5.41) is 0. The van der Waals surface area contributed by atoms with Gasteiger partial charge >= 0.3 is 11.7 Å². The molecule has 1 aliphatic rings. The second kappa shape index (κ2) is 9.92. The van der Waals surface area contributed by atoms with Crippen molar-refractivity contribution in [3.63, 3.8) is 0 Å². The molecule has 0 atom stereocenters. The second-order valence-electron chi connectivity index (χ2n) is 7.90. The van der Waals surface area contributed by atoms with Gasteiger partial charge in [0.25, 0.3) is 5.56 Å². The molecule has 0 aromatic carbocycles. The molecule has 0 spiro atoms. The first-order valence-electron chi connectivity index (χ1n) is 10.9. The van der Waals surface area contributed by atoms with Crippen LogP contribution in [0.3, 0.4) is 0 Å². The SMILES string of the molecule is CCCCCOC(=O)C[NH+]1CCN(c2nc3c(c(=O)[nH]c(=O)n3C)n2CCC)CC1. The Morgan fingerprint density at radius 1 is 1.17 bits per heavy atom. The Balaban J connectivity index is 1.69. The zero-order valence-corrected chi connectivity index (χ0v) is 18.2. The molecular formula is C20H33N6O4+. The fourth-order valence-corrected chi connectivity index (χ4v) is 3.89. The van der Waals surface area contributed by atoms with Gasteiger partial charge in [-0.15, -0.1) is 0 Å². The van der Waals surface area contributed by atoms with E-state index in [-0.39, 0.29) is 5.97 Å². The van der Waals surface area contributed by atoms with Gasteiger partial charge in [0.2, 0.25) is 5.95 Å². The van der Waals surface area contributed by atoms with Gasteiger partial charge in [0.05, 0.1) is 32.8 Å². The molecule has 3 rings (SSSR count). The first-order chi connectivity index (χ1) is 14.5. The smallest absolute Gasteiger partial charge is 0.361 e. The Morgan fingerprint density at radius 2 is 1.90 bits per heavy atom. The number of piperazine rings is 1. The summed E-state index contributed by atoms with van der Waals surface area (Å²) in [6.45, 7) is 8.69. The molecule has 3 heterocycles. The Bertz CT molecular complexity index is 984.